The predicted octanol–water partition coefficient (Wildman–Crippen LogP) is 1.97. The first-order valence-electron chi connectivity index (χ1n) is 6.64. The number of urea groups is 1. The van der Waals surface area contributed by atoms with Gasteiger partial charge in [-0.05, 0) is 31.9 Å². The maximum absolute atomic E-state index is 11.4. The summed E-state index contributed by atoms with van der Waals surface area (Å²) in [6.45, 7) is 4.37. The normalized spacial score (nSPS) is 18.7. The van der Waals surface area contributed by atoms with E-state index in [1.54, 1.807) is 0 Å². The van der Waals surface area contributed by atoms with Crippen LogP contribution in [-0.2, 0) is 0 Å². The van der Waals surface area contributed by atoms with E-state index in [2.05, 4.69) is 39.8 Å². The van der Waals surface area contributed by atoms with Crippen LogP contribution in [0, 0.1) is 0 Å². The first kappa shape index (κ1) is 12.7. The van der Waals surface area contributed by atoms with Gasteiger partial charge in [0.05, 0.1) is 0 Å². The van der Waals surface area contributed by atoms with E-state index < -0.39 is 0 Å². The van der Waals surface area contributed by atoms with Gasteiger partial charge in [0.1, 0.15) is 0 Å². The van der Waals surface area contributed by atoms with Gasteiger partial charge in [0.25, 0.3) is 0 Å². The second kappa shape index (κ2) is 6.28. The fourth-order valence-corrected chi connectivity index (χ4v) is 2.44. The van der Waals surface area contributed by atoms with Crippen molar-refractivity contribution < 1.29 is 4.79 Å². The summed E-state index contributed by atoms with van der Waals surface area (Å²) in [5.74, 6) is 0. The molecule has 1 saturated heterocycles. The number of nitrogens with zero attached hydrogens (tertiary/aromatic N) is 1. The van der Waals surface area contributed by atoms with Crippen molar-refractivity contribution in [2.24, 2.45) is 0 Å². The van der Waals surface area contributed by atoms with Gasteiger partial charge in [0.15, 0.2) is 0 Å². The van der Waals surface area contributed by atoms with E-state index in [4.69, 9.17) is 0 Å². The Kier molecular flexibility index (Phi) is 4.45. The molecule has 1 atom stereocenters. The van der Waals surface area contributed by atoms with Crippen molar-refractivity contribution >= 4 is 11.7 Å². The van der Waals surface area contributed by atoms with Crippen LogP contribution in [0.25, 0.3) is 0 Å². The summed E-state index contributed by atoms with van der Waals surface area (Å²) >= 11 is 0. The minimum absolute atomic E-state index is 0.0718. The number of nitrogens with one attached hydrogen (secondary N) is 2. The predicted molar refractivity (Wildman–Crippen MR) is 73.9 cm³/mol. The minimum atomic E-state index is -0.0718. The van der Waals surface area contributed by atoms with Crippen LogP contribution in [0.2, 0.25) is 0 Å². The van der Waals surface area contributed by atoms with Gasteiger partial charge in [-0.15, -0.1) is 0 Å². The number of carbonyl (C=O) groups excluding carboxylic acids is 1. The lowest BCUT2D eigenvalue weighted by molar-refractivity contribution is 0.240. The van der Waals surface area contributed by atoms with Gasteiger partial charge in [-0.25, -0.2) is 4.79 Å². The number of para-hydroxylation sites is 1. The van der Waals surface area contributed by atoms with Crippen LogP contribution in [0.4, 0.5) is 10.5 Å². The van der Waals surface area contributed by atoms with Crippen LogP contribution >= 0.6 is 0 Å². The standard InChI is InChI=1S/C14H21N3O/c1-2-15-14(18)16-11-13-9-6-10-17(13)12-7-4-3-5-8-12/h3-5,7-8,13H,2,6,9-11H2,1H3,(H2,15,16,18). The summed E-state index contributed by atoms with van der Waals surface area (Å²) in [6.07, 6.45) is 2.33. The Morgan fingerprint density at radius 3 is 2.83 bits per heavy atom. The van der Waals surface area contributed by atoms with Crippen molar-refractivity contribution in [3.63, 3.8) is 0 Å². The van der Waals surface area contributed by atoms with Crippen LogP contribution in [0.1, 0.15) is 19.8 Å². The molecule has 0 spiro atoms. The molecule has 0 bridgehead atoms. The zero-order valence-electron chi connectivity index (χ0n) is 10.9. The molecule has 0 aliphatic carbocycles. The van der Waals surface area contributed by atoms with Crippen molar-refractivity contribution in [1.82, 2.24) is 10.6 Å². The monoisotopic (exact) mass is 247 g/mol. The maximum atomic E-state index is 11.4. The smallest absolute Gasteiger partial charge is 0.314 e. The van der Waals surface area contributed by atoms with Crippen LogP contribution in [0.3, 0.4) is 0 Å². The second-order valence-electron chi connectivity index (χ2n) is 4.57. The van der Waals surface area contributed by atoms with Crippen LogP contribution in [0.15, 0.2) is 30.3 Å². The SMILES string of the molecule is CCNC(=O)NCC1CCCN1c1ccccc1. The third-order valence-electron chi connectivity index (χ3n) is 3.30. The lowest BCUT2D eigenvalue weighted by Gasteiger charge is -2.27. The van der Waals surface area contributed by atoms with Gasteiger partial charge < -0.3 is 15.5 Å². The third-order valence-corrected chi connectivity index (χ3v) is 3.30. The Balaban J connectivity index is 1.90. The molecule has 0 radical (unpaired) electrons. The number of hydrogen-bond acceptors (Lipinski definition) is 2. The largest absolute Gasteiger partial charge is 0.367 e. The number of carbonyl (C=O) groups is 1. The Hall–Kier alpha value is -1.71. The van der Waals surface area contributed by atoms with E-state index in [-0.39, 0.29) is 6.03 Å². The van der Waals surface area contributed by atoms with Gasteiger partial charge in [0, 0.05) is 31.4 Å². The molecule has 1 aliphatic rings. The number of hydrogen-bond donors (Lipinski definition) is 2. The number of anilines is 1. The molecule has 1 fully saturated rings. The number of benzene rings is 1. The number of amides is 2. The molecule has 4 heteroatoms. The molecule has 2 amide bonds. The van der Waals surface area contributed by atoms with Crippen LogP contribution < -0.4 is 15.5 Å². The molecule has 0 saturated carbocycles. The Morgan fingerprint density at radius 2 is 2.11 bits per heavy atom. The zero-order valence-corrected chi connectivity index (χ0v) is 10.9. The molecule has 0 aromatic heterocycles. The lowest BCUT2D eigenvalue weighted by Crippen LogP contribution is -2.44. The molecular formula is C14H21N3O. The molecule has 1 aromatic carbocycles. The summed E-state index contributed by atoms with van der Waals surface area (Å²) in [5.41, 5.74) is 1.25. The van der Waals surface area contributed by atoms with Crippen molar-refractivity contribution in [2.75, 3.05) is 24.5 Å². The molecule has 1 heterocycles. The molecule has 18 heavy (non-hydrogen) atoms. The number of rotatable bonds is 4. The van der Waals surface area contributed by atoms with Crippen molar-refractivity contribution in [1.29, 1.82) is 0 Å². The van der Waals surface area contributed by atoms with Gasteiger partial charge in [0.2, 0.25) is 0 Å². The summed E-state index contributed by atoms with van der Waals surface area (Å²) in [7, 11) is 0. The average molecular weight is 247 g/mol. The fourth-order valence-electron chi connectivity index (χ4n) is 2.44. The first-order valence-corrected chi connectivity index (χ1v) is 6.64. The highest BCUT2D eigenvalue weighted by Crippen LogP contribution is 2.24. The summed E-state index contributed by atoms with van der Waals surface area (Å²) in [6, 6.07) is 10.7. The Labute approximate surface area is 108 Å². The van der Waals surface area contributed by atoms with Crippen molar-refractivity contribution in [3.05, 3.63) is 30.3 Å². The second-order valence-corrected chi connectivity index (χ2v) is 4.57. The Bertz CT molecular complexity index is 380. The van der Waals surface area contributed by atoms with Crippen molar-refractivity contribution in [2.45, 2.75) is 25.8 Å². The lowest BCUT2D eigenvalue weighted by atomic mass is 10.2. The van der Waals surface area contributed by atoms with E-state index in [1.807, 2.05) is 13.0 Å². The molecule has 98 valence electrons. The van der Waals surface area contributed by atoms with Gasteiger partial charge >= 0.3 is 6.03 Å². The molecule has 2 rings (SSSR count). The van der Waals surface area contributed by atoms with Crippen LogP contribution in [0.5, 0.6) is 0 Å². The van der Waals surface area contributed by atoms with Gasteiger partial charge in [-0.3, -0.25) is 0 Å². The van der Waals surface area contributed by atoms with Gasteiger partial charge in [-0.2, -0.15) is 0 Å². The molecule has 2 N–H and O–H groups in total. The van der Waals surface area contributed by atoms with E-state index in [9.17, 15) is 4.79 Å². The first-order chi connectivity index (χ1) is 8.81. The summed E-state index contributed by atoms with van der Waals surface area (Å²) in [5, 5.41) is 5.69. The molecular weight excluding hydrogens is 226 g/mol. The highest BCUT2D eigenvalue weighted by Gasteiger charge is 2.24. The quantitative estimate of drug-likeness (QED) is 0.854. The van der Waals surface area contributed by atoms with Gasteiger partial charge in [-0.1, -0.05) is 18.2 Å². The highest BCUT2D eigenvalue weighted by molar-refractivity contribution is 5.73. The van der Waals surface area contributed by atoms with E-state index in [1.165, 1.54) is 12.1 Å². The molecule has 1 unspecified atom stereocenters. The molecule has 1 aromatic rings. The topological polar surface area (TPSA) is 44.4 Å². The summed E-state index contributed by atoms with van der Waals surface area (Å²) in [4.78, 5) is 13.8. The Morgan fingerprint density at radius 1 is 1.33 bits per heavy atom. The molecule has 4 nitrogen and oxygen atoms in total. The van der Waals surface area contributed by atoms with E-state index in [0.717, 1.165) is 13.0 Å². The maximum Gasteiger partial charge on any atom is 0.314 e. The van der Waals surface area contributed by atoms with E-state index >= 15 is 0 Å². The minimum Gasteiger partial charge on any atom is -0.367 e. The van der Waals surface area contributed by atoms with Crippen LogP contribution in [-0.4, -0.2) is 31.7 Å². The van der Waals surface area contributed by atoms with E-state index in [0.29, 0.717) is 19.1 Å². The molecule has 1 aliphatic heterocycles. The highest BCUT2D eigenvalue weighted by atomic mass is 16.2. The summed E-state index contributed by atoms with van der Waals surface area (Å²) < 4.78 is 0. The third kappa shape index (κ3) is 3.15. The fraction of sp³-hybridized carbons (Fsp3) is 0.500. The average Bonchev–Trinajstić information content (AvgIpc) is 2.86. The van der Waals surface area contributed by atoms with Crippen molar-refractivity contribution in [3.8, 4) is 0 Å². The zero-order chi connectivity index (χ0) is 12.8.